The van der Waals surface area contributed by atoms with E-state index in [0.717, 1.165) is 12.0 Å². The van der Waals surface area contributed by atoms with Crippen molar-refractivity contribution in [2.24, 2.45) is 0 Å². The van der Waals surface area contributed by atoms with Crippen LogP contribution in [0.5, 0.6) is 0 Å². The van der Waals surface area contributed by atoms with Gasteiger partial charge in [0.1, 0.15) is 29.7 Å². The molecule has 20 heavy (non-hydrogen) atoms. The number of halogens is 1. The molecule has 0 aliphatic carbocycles. The molecular formula is C14H21BINO3. The first-order valence-electron chi connectivity index (χ1n) is 6.74. The molecule has 1 aliphatic heterocycles. The molecule has 0 spiro atoms. The van der Waals surface area contributed by atoms with E-state index in [9.17, 15) is 0 Å². The lowest BCUT2D eigenvalue weighted by atomic mass is 9.78. The highest BCUT2D eigenvalue weighted by atomic mass is 127. The van der Waals surface area contributed by atoms with Crippen LogP contribution in [0.25, 0.3) is 0 Å². The summed E-state index contributed by atoms with van der Waals surface area (Å²) in [5.74, 6) is 0. The van der Waals surface area contributed by atoms with Crippen molar-refractivity contribution in [2.45, 2.75) is 45.4 Å². The van der Waals surface area contributed by atoms with Crippen LogP contribution in [-0.2, 0) is 18.9 Å². The summed E-state index contributed by atoms with van der Waals surface area (Å²) in [4.78, 5) is 0. The highest BCUT2D eigenvalue weighted by molar-refractivity contribution is 14.1. The lowest BCUT2D eigenvalue weighted by Gasteiger charge is -2.32. The summed E-state index contributed by atoms with van der Waals surface area (Å²) in [7, 11) is -0.305. The fraction of sp³-hybridized carbons (Fsp3) is 0.571. The molecule has 2 rings (SSSR count). The van der Waals surface area contributed by atoms with E-state index in [1.54, 1.807) is 0 Å². The van der Waals surface area contributed by atoms with Crippen LogP contribution < -0.4 is 10.8 Å². The Kier molecular flexibility index (Phi) is 5.12. The quantitative estimate of drug-likeness (QED) is 0.364. The molecule has 0 unspecified atom stereocenters. The number of nitrogens with one attached hydrogen (secondary N) is 1. The SMILES string of the molecule is CC1(C)OB(c2cccc(CNCOI)c2)OC1(C)C. The molecule has 1 aliphatic rings. The third-order valence-electron chi connectivity index (χ3n) is 3.96. The first-order chi connectivity index (χ1) is 9.36. The molecule has 4 nitrogen and oxygen atoms in total. The Labute approximate surface area is 135 Å². The molecular weight excluding hydrogens is 368 g/mol. The zero-order valence-electron chi connectivity index (χ0n) is 12.4. The maximum absolute atomic E-state index is 6.06. The van der Waals surface area contributed by atoms with Crippen LogP contribution in [0.15, 0.2) is 24.3 Å². The molecule has 0 saturated carbocycles. The first kappa shape index (κ1) is 16.2. The highest BCUT2D eigenvalue weighted by Gasteiger charge is 2.51. The van der Waals surface area contributed by atoms with Crippen LogP contribution in [0.4, 0.5) is 0 Å². The topological polar surface area (TPSA) is 39.7 Å². The zero-order valence-corrected chi connectivity index (χ0v) is 14.6. The third-order valence-corrected chi connectivity index (χ3v) is 4.27. The van der Waals surface area contributed by atoms with Gasteiger partial charge in [-0.15, -0.1) is 0 Å². The largest absolute Gasteiger partial charge is 0.494 e. The van der Waals surface area contributed by atoms with Gasteiger partial charge in [-0.3, -0.25) is 5.32 Å². The molecule has 0 bridgehead atoms. The van der Waals surface area contributed by atoms with Gasteiger partial charge >= 0.3 is 7.12 Å². The van der Waals surface area contributed by atoms with E-state index in [0.29, 0.717) is 6.73 Å². The Morgan fingerprint density at radius 1 is 1.20 bits per heavy atom. The summed E-state index contributed by atoms with van der Waals surface area (Å²) in [6.07, 6.45) is 0. The van der Waals surface area contributed by atoms with Gasteiger partial charge in [0.15, 0.2) is 0 Å². The van der Waals surface area contributed by atoms with Gasteiger partial charge < -0.3 is 12.4 Å². The summed E-state index contributed by atoms with van der Waals surface area (Å²) in [6.45, 7) is 9.55. The van der Waals surface area contributed by atoms with Crippen molar-refractivity contribution >= 4 is 35.6 Å². The molecule has 1 aromatic rings. The Bertz CT molecular complexity index is 451. The molecule has 1 aromatic carbocycles. The van der Waals surface area contributed by atoms with E-state index in [2.05, 4.69) is 45.1 Å². The zero-order chi connectivity index (χ0) is 14.8. The van der Waals surface area contributed by atoms with Crippen molar-refractivity contribution in [3.05, 3.63) is 29.8 Å². The predicted octanol–water partition coefficient (Wildman–Crippen LogP) is 2.40. The second-order valence-corrected chi connectivity index (χ2v) is 6.64. The van der Waals surface area contributed by atoms with Crippen molar-refractivity contribution in [3.63, 3.8) is 0 Å². The van der Waals surface area contributed by atoms with Crippen LogP contribution in [0.2, 0.25) is 0 Å². The average molecular weight is 389 g/mol. The second kappa shape index (κ2) is 6.31. The van der Waals surface area contributed by atoms with E-state index in [-0.39, 0.29) is 18.3 Å². The molecule has 0 amide bonds. The molecule has 1 heterocycles. The summed E-state index contributed by atoms with van der Waals surface area (Å²) < 4.78 is 17.1. The molecule has 0 aromatic heterocycles. The smallest absolute Gasteiger partial charge is 0.399 e. The summed E-state index contributed by atoms with van der Waals surface area (Å²) >= 11 is 1.87. The monoisotopic (exact) mass is 389 g/mol. The molecule has 1 N–H and O–H groups in total. The molecule has 0 atom stereocenters. The molecule has 1 saturated heterocycles. The lowest BCUT2D eigenvalue weighted by molar-refractivity contribution is 0.00578. The Morgan fingerprint density at radius 3 is 2.45 bits per heavy atom. The minimum absolute atomic E-state index is 0.305. The Balaban J connectivity index is 2.09. The molecule has 110 valence electrons. The second-order valence-electron chi connectivity index (χ2n) is 6.01. The first-order valence-corrected chi connectivity index (χ1v) is 7.62. The maximum Gasteiger partial charge on any atom is 0.494 e. The highest BCUT2D eigenvalue weighted by Crippen LogP contribution is 2.36. The van der Waals surface area contributed by atoms with Crippen molar-refractivity contribution in [2.75, 3.05) is 6.73 Å². The molecule has 6 heteroatoms. The lowest BCUT2D eigenvalue weighted by Crippen LogP contribution is -2.41. The number of hydrogen-bond donors (Lipinski definition) is 1. The maximum atomic E-state index is 6.06. The van der Waals surface area contributed by atoms with Gasteiger partial charge in [-0.25, -0.2) is 0 Å². The van der Waals surface area contributed by atoms with Crippen LogP contribution >= 0.6 is 23.0 Å². The number of hydrogen-bond acceptors (Lipinski definition) is 4. The summed E-state index contributed by atoms with van der Waals surface area (Å²) in [6, 6.07) is 8.26. The minimum atomic E-state index is -0.305. The van der Waals surface area contributed by atoms with Gasteiger partial charge in [0.05, 0.1) is 11.2 Å². The fourth-order valence-corrected chi connectivity index (χ4v) is 2.28. The van der Waals surface area contributed by atoms with E-state index in [1.165, 1.54) is 5.56 Å². The van der Waals surface area contributed by atoms with Crippen LogP contribution in [0.1, 0.15) is 33.3 Å². The molecule has 0 radical (unpaired) electrons. The van der Waals surface area contributed by atoms with Crippen LogP contribution in [0.3, 0.4) is 0 Å². The Morgan fingerprint density at radius 2 is 1.85 bits per heavy atom. The van der Waals surface area contributed by atoms with Crippen LogP contribution in [0, 0.1) is 0 Å². The number of rotatable bonds is 5. The average Bonchev–Trinajstić information content (AvgIpc) is 2.59. The van der Waals surface area contributed by atoms with E-state index < -0.39 is 0 Å². The van der Waals surface area contributed by atoms with Crippen molar-refractivity contribution < 1.29 is 12.4 Å². The van der Waals surface area contributed by atoms with Crippen molar-refractivity contribution in [3.8, 4) is 0 Å². The van der Waals surface area contributed by atoms with Gasteiger partial charge in [0.2, 0.25) is 0 Å². The standard InChI is InChI=1S/C14H21BINO3/c1-13(2)14(3,4)20-15(19-13)12-7-5-6-11(8-12)9-17-10-18-16/h5-8,17H,9-10H2,1-4H3. The van der Waals surface area contributed by atoms with Gasteiger partial charge in [-0.2, -0.15) is 0 Å². The fourth-order valence-electron chi connectivity index (χ4n) is 2.06. The summed E-state index contributed by atoms with van der Waals surface area (Å²) in [5, 5.41) is 3.19. The van der Waals surface area contributed by atoms with E-state index in [1.807, 2.05) is 35.1 Å². The van der Waals surface area contributed by atoms with E-state index in [4.69, 9.17) is 12.4 Å². The van der Waals surface area contributed by atoms with Gasteiger partial charge in [-0.05, 0) is 38.7 Å². The van der Waals surface area contributed by atoms with E-state index >= 15 is 0 Å². The summed E-state index contributed by atoms with van der Waals surface area (Å²) in [5.41, 5.74) is 1.63. The van der Waals surface area contributed by atoms with Gasteiger partial charge in [0.25, 0.3) is 0 Å². The third kappa shape index (κ3) is 3.54. The normalized spacial score (nSPS) is 20.4. The number of benzene rings is 1. The molecule has 1 fully saturated rings. The van der Waals surface area contributed by atoms with Crippen molar-refractivity contribution in [1.29, 1.82) is 0 Å². The van der Waals surface area contributed by atoms with Crippen molar-refractivity contribution in [1.82, 2.24) is 5.32 Å². The van der Waals surface area contributed by atoms with Crippen LogP contribution in [-0.4, -0.2) is 25.1 Å². The van der Waals surface area contributed by atoms with Gasteiger partial charge in [-0.1, -0.05) is 24.3 Å². The van der Waals surface area contributed by atoms with Gasteiger partial charge in [0, 0.05) is 6.54 Å². The predicted molar refractivity (Wildman–Crippen MR) is 89.0 cm³/mol. The minimum Gasteiger partial charge on any atom is -0.399 e. The Hall–Kier alpha value is -0.145.